The molecule has 188 valence electrons. The zero-order chi connectivity index (χ0) is 25.3. The Morgan fingerprint density at radius 2 is 2.25 bits per heavy atom. The topological polar surface area (TPSA) is 140 Å². The van der Waals surface area contributed by atoms with Gasteiger partial charge in [-0.1, -0.05) is 6.92 Å². The first-order valence-electron chi connectivity index (χ1n) is 11.6. The summed E-state index contributed by atoms with van der Waals surface area (Å²) in [6.45, 7) is 1.98. The molecule has 0 aliphatic heterocycles. The second-order valence-corrected chi connectivity index (χ2v) is 9.70. The third kappa shape index (κ3) is 4.53. The van der Waals surface area contributed by atoms with Crippen molar-refractivity contribution in [2.24, 2.45) is 5.41 Å². The molecule has 36 heavy (non-hydrogen) atoms. The lowest BCUT2D eigenvalue weighted by Crippen LogP contribution is -2.35. The van der Waals surface area contributed by atoms with Crippen LogP contribution in [0.15, 0.2) is 45.9 Å². The van der Waals surface area contributed by atoms with Crippen LogP contribution in [0, 0.1) is 5.41 Å². The summed E-state index contributed by atoms with van der Waals surface area (Å²) in [7, 11) is 1.67. The second-order valence-electron chi connectivity index (χ2n) is 8.95. The van der Waals surface area contributed by atoms with Gasteiger partial charge in [0, 0.05) is 30.8 Å². The molecule has 0 spiro atoms. The fourth-order valence-electron chi connectivity index (χ4n) is 4.62. The maximum Gasteiger partial charge on any atom is 0.229 e. The standard InChI is InChI=1S/C24H26BrN7O4/c1-24(22(34)26-2)6-5-14(12-24)29-23-28-13-17-19(25)31-32(20(17)30-23)15-3-4-16(21-27-7-9-36-21)18(11-15)35-10-8-33/h3-4,7,9,11,13-14,33H,5-6,8,10,12H2,1-2H3,(H,26,34)(H,28,29,30)/t14-,24-/m1/s1. The van der Waals surface area contributed by atoms with Gasteiger partial charge >= 0.3 is 0 Å². The normalized spacial score (nSPS) is 19.5. The predicted molar refractivity (Wildman–Crippen MR) is 136 cm³/mol. The third-order valence-corrected chi connectivity index (χ3v) is 7.04. The Morgan fingerprint density at radius 3 is 3.00 bits per heavy atom. The molecule has 1 amide bonds. The van der Waals surface area contributed by atoms with Gasteiger partial charge in [-0.15, -0.1) is 0 Å². The van der Waals surface area contributed by atoms with Crippen molar-refractivity contribution in [2.75, 3.05) is 25.6 Å². The molecule has 3 aromatic heterocycles. The van der Waals surface area contributed by atoms with E-state index in [4.69, 9.17) is 14.1 Å². The molecule has 2 atom stereocenters. The van der Waals surface area contributed by atoms with E-state index >= 15 is 0 Å². The third-order valence-electron chi connectivity index (χ3n) is 6.45. The van der Waals surface area contributed by atoms with Crippen LogP contribution >= 0.6 is 15.9 Å². The van der Waals surface area contributed by atoms with Crippen molar-refractivity contribution in [1.82, 2.24) is 30.0 Å². The molecule has 1 saturated carbocycles. The molecule has 3 N–H and O–H groups in total. The summed E-state index contributed by atoms with van der Waals surface area (Å²) in [5.41, 5.74) is 1.55. The van der Waals surface area contributed by atoms with Crippen molar-refractivity contribution in [3.8, 4) is 22.9 Å². The van der Waals surface area contributed by atoms with Gasteiger partial charge in [0.25, 0.3) is 0 Å². The fourth-order valence-corrected chi connectivity index (χ4v) is 5.06. The van der Waals surface area contributed by atoms with Crippen molar-refractivity contribution in [3.05, 3.63) is 41.5 Å². The maximum absolute atomic E-state index is 12.3. The summed E-state index contributed by atoms with van der Waals surface area (Å²) < 4.78 is 13.5. The summed E-state index contributed by atoms with van der Waals surface area (Å²) in [6, 6.07) is 5.58. The molecule has 4 aromatic rings. The van der Waals surface area contributed by atoms with E-state index in [0.717, 1.165) is 18.2 Å². The number of fused-ring (bicyclic) bond motifs is 1. The lowest BCUT2D eigenvalue weighted by atomic mass is 9.87. The summed E-state index contributed by atoms with van der Waals surface area (Å²) in [4.78, 5) is 25.7. The summed E-state index contributed by atoms with van der Waals surface area (Å²) in [5, 5.41) is 20.8. The van der Waals surface area contributed by atoms with Crippen molar-refractivity contribution in [3.63, 3.8) is 0 Å². The van der Waals surface area contributed by atoms with Gasteiger partial charge in [0.2, 0.25) is 17.7 Å². The van der Waals surface area contributed by atoms with E-state index in [1.165, 1.54) is 6.26 Å². The first-order valence-corrected chi connectivity index (χ1v) is 12.4. The lowest BCUT2D eigenvalue weighted by molar-refractivity contribution is -0.129. The van der Waals surface area contributed by atoms with Crippen molar-refractivity contribution in [1.29, 1.82) is 0 Å². The molecule has 0 radical (unpaired) electrons. The number of rotatable bonds is 8. The number of benzene rings is 1. The molecule has 5 rings (SSSR count). The number of aliphatic hydroxyl groups excluding tert-OH is 1. The van der Waals surface area contributed by atoms with Gasteiger partial charge in [-0.05, 0) is 47.3 Å². The molecule has 3 heterocycles. The number of anilines is 1. The summed E-state index contributed by atoms with van der Waals surface area (Å²) in [5.74, 6) is 1.43. The van der Waals surface area contributed by atoms with Gasteiger partial charge in [0.1, 0.15) is 23.2 Å². The minimum absolute atomic E-state index is 0.0533. The Hall–Kier alpha value is -3.51. The zero-order valence-corrected chi connectivity index (χ0v) is 21.4. The molecular formula is C24H26BrN7O4. The lowest BCUT2D eigenvalue weighted by Gasteiger charge is -2.22. The fraction of sp³-hybridized carbons (Fsp3) is 0.375. The summed E-state index contributed by atoms with van der Waals surface area (Å²) in [6.07, 6.45) is 7.11. The van der Waals surface area contributed by atoms with Crippen LogP contribution in [0.25, 0.3) is 28.2 Å². The number of hydrogen-bond acceptors (Lipinski definition) is 9. The number of oxazole rings is 1. The zero-order valence-electron chi connectivity index (χ0n) is 19.9. The Labute approximate surface area is 215 Å². The van der Waals surface area contributed by atoms with E-state index in [1.807, 2.05) is 19.1 Å². The van der Waals surface area contributed by atoms with Crippen LogP contribution in [-0.4, -0.2) is 62.0 Å². The van der Waals surface area contributed by atoms with E-state index in [1.54, 1.807) is 30.2 Å². The minimum Gasteiger partial charge on any atom is -0.490 e. The summed E-state index contributed by atoms with van der Waals surface area (Å²) >= 11 is 3.51. The Morgan fingerprint density at radius 1 is 1.39 bits per heavy atom. The average molecular weight is 556 g/mol. The van der Waals surface area contributed by atoms with E-state index in [9.17, 15) is 9.90 Å². The van der Waals surface area contributed by atoms with Crippen LogP contribution < -0.4 is 15.4 Å². The van der Waals surface area contributed by atoms with Crippen LogP contribution in [0.5, 0.6) is 5.75 Å². The van der Waals surface area contributed by atoms with E-state index in [0.29, 0.717) is 45.5 Å². The van der Waals surface area contributed by atoms with Crippen LogP contribution in [0.2, 0.25) is 0 Å². The van der Waals surface area contributed by atoms with Crippen LogP contribution in [0.3, 0.4) is 0 Å². The molecule has 0 saturated heterocycles. The van der Waals surface area contributed by atoms with Gasteiger partial charge < -0.3 is 24.9 Å². The van der Waals surface area contributed by atoms with Crippen LogP contribution in [0.4, 0.5) is 5.95 Å². The molecule has 0 unspecified atom stereocenters. The molecule has 11 nitrogen and oxygen atoms in total. The highest BCUT2D eigenvalue weighted by Gasteiger charge is 2.41. The van der Waals surface area contributed by atoms with Gasteiger partial charge in [-0.2, -0.15) is 10.1 Å². The quantitative estimate of drug-likeness (QED) is 0.298. The Kier molecular flexibility index (Phi) is 6.63. The Bertz CT molecular complexity index is 1390. The van der Waals surface area contributed by atoms with E-state index in [2.05, 4.69) is 41.6 Å². The van der Waals surface area contributed by atoms with E-state index in [-0.39, 0.29) is 25.2 Å². The monoisotopic (exact) mass is 555 g/mol. The number of nitrogens with one attached hydrogen (secondary N) is 2. The average Bonchev–Trinajstić information content (AvgIpc) is 3.62. The van der Waals surface area contributed by atoms with Gasteiger partial charge in [-0.25, -0.2) is 14.6 Å². The molecule has 1 fully saturated rings. The van der Waals surface area contributed by atoms with Gasteiger partial charge in [0.05, 0.1) is 29.4 Å². The van der Waals surface area contributed by atoms with Gasteiger partial charge in [0.15, 0.2) is 5.65 Å². The molecule has 0 bridgehead atoms. The number of nitrogens with zero attached hydrogens (tertiary/aromatic N) is 5. The second kappa shape index (κ2) is 9.86. The maximum atomic E-state index is 12.3. The number of halogens is 1. The van der Waals surface area contributed by atoms with Crippen LogP contribution in [-0.2, 0) is 4.79 Å². The van der Waals surface area contributed by atoms with Crippen molar-refractivity contribution < 1.29 is 19.1 Å². The number of carbonyl (C=O) groups excluding carboxylic acids is 1. The number of aromatic nitrogens is 5. The first kappa shape index (κ1) is 24.2. The number of hydrogen-bond donors (Lipinski definition) is 3. The SMILES string of the molecule is CNC(=O)[C@]1(C)CC[C@@H](Nc2ncc3c(Br)nn(-c4ccc(-c5ncco5)c(OCCO)c4)c3n2)C1. The highest BCUT2D eigenvalue weighted by molar-refractivity contribution is 9.10. The highest BCUT2D eigenvalue weighted by atomic mass is 79.9. The Balaban J connectivity index is 1.47. The largest absolute Gasteiger partial charge is 0.490 e. The van der Waals surface area contributed by atoms with Gasteiger partial charge in [-0.3, -0.25) is 4.79 Å². The molecule has 1 aliphatic rings. The highest BCUT2D eigenvalue weighted by Crippen LogP contribution is 2.39. The number of ether oxygens (including phenoxy) is 1. The number of aliphatic hydroxyl groups is 1. The van der Waals surface area contributed by atoms with Crippen molar-refractivity contribution in [2.45, 2.75) is 32.2 Å². The molecule has 1 aliphatic carbocycles. The minimum atomic E-state index is -0.406. The predicted octanol–water partition coefficient (Wildman–Crippen LogP) is 3.32. The molecule has 12 heteroatoms. The number of amides is 1. The molecule has 1 aromatic carbocycles. The van der Waals surface area contributed by atoms with Crippen LogP contribution in [0.1, 0.15) is 26.2 Å². The first-order chi connectivity index (χ1) is 17.4. The smallest absolute Gasteiger partial charge is 0.229 e. The molecular weight excluding hydrogens is 530 g/mol. The van der Waals surface area contributed by atoms with Crippen molar-refractivity contribution >= 4 is 38.8 Å². The number of carbonyl (C=O) groups is 1. The van der Waals surface area contributed by atoms with E-state index < -0.39 is 5.41 Å².